The number of carbonyl (C=O) groups excluding carboxylic acids is 1. The first-order valence-corrected chi connectivity index (χ1v) is 14.0. The molecule has 32 heavy (non-hydrogen) atoms. The third-order valence-corrected chi connectivity index (χ3v) is 8.81. The Morgan fingerprint density at radius 1 is 1.16 bits per heavy atom. The van der Waals surface area contributed by atoms with Gasteiger partial charge in [0.15, 0.2) is 9.84 Å². The molecule has 174 valence electrons. The molecule has 1 atom stereocenters. The van der Waals surface area contributed by atoms with Crippen molar-refractivity contribution in [2.24, 2.45) is 0 Å². The number of hydrogen-bond acceptors (Lipinski definition) is 5. The number of sulfone groups is 1. The molecule has 0 aliphatic carbocycles. The minimum atomic E-state index is -3.90. The molecule has 7 nitrogen and oxygen atoms in total. The van der Waals surface area contributed by atoms with Crippen molar-refractivity contribution >= 4 is 31.5 Å². The van der Waals surface area contributed by atoms with Crippen LogP contribution in [0.15, 0.2) is 47.4 Å². The largest absolute Gasteiger partial charge is 0.335 e. The van der Waals surface area contributed by atoms with Crippen LogP contribution >= 0.6 is 0 Å². The van der Waals surface area contributed by atoms with Crippen LogP contribution in [0, 0.1) is 13.8 Å². The van der Waals surface area contributed by atoms with Gasteiger partial charge in [-0.2, -0.15) is 0 Å². The molecule has 0 spiro atoms. The Bertz CT molecular complexity index is 1210. The number of anilines is 1. The fourth-order valence-corrected chi connectivity index (χ4v) is 6.68. The fraction of sp³-hybridized carbons (Fsp3) is 0.435. The molecule has 1 unspecified atom stereocenters. The Hall–Kier alpha value is -2.39. The zero-order valence-electron chi connectivity index (χ0n) is 18.7. The number of sulfonamides is 1. The number of carbonyl (C=O) groups is 1. The molecule has 2 aromatic rings. The Balaban J connectivity index is 1.92. The van der Waals surface area contributed by atoms with Gasteiger partial charge < -0.3 is 4.90 Å². The lowest BCUT2D eigenvalue weighted by molar-refractivity contribution is 0.0693. The topological polar surface area (TPSA) is 101 Å². The summed E-state index contributed by atoms with van der Waals surface area (Å²) in [6.45, 7) is 6.06. The highest BCUT2D eigenvalue weighted by molar-refractivity contribution is 7.92. The van der Waals surface area contributed by atoms with Crippen molar-refractivity contribution in [1.82, 2.24) is 4.90 Å². The van der Waals surface area contributed by atoms with Crippen LogP contribution in [0.2, 0.25) is 0 Å². The lowest BCUT2D eigenvalue weighted by Gasteiger charge is -2.29. The molecule has 1 heterocycles. The van der Waals surface area contributed by atoms with Crippen LogP contribution in [0.5, 0.6) is 0 Å². The molecule has 0 radical (unpaired) electrons. The van der Waals surface area contributed by atoms with Crippen molar-refractivity contribution in [3.05, 3.63) is 59.2 Å². The summed E-state index contributed by atoms with van der Waals surface area (Å²) in [5.41, 5.74) is 2.28. The molecule has 3 rings (SSSR count). The monoisotopic (exact) mass is 478 g/mol. The number of aryl methyl sites for hydroxylation is 2. The number of unbranched alkanes of at least 4 members (excludes halogenated alkanes) is 1. The number of nitrogens with zero attached hydrogens (tertiary/aromatic N) is 1. The first-order valence-electron chi connectivity index (χ1n) is 10.7. The second kappa shape index (κ2) is 9.62. The van der Waals surface area contributed by atoms with E-state index >= 15 is 0 Å². The molecule has 1 aliphatic heterocycles. The van der Waals surface area contributed by atoms with Crippen LogP contribution in [-0.4, -0.2) is 51.7 Å². The molecule has 0 saturated carbocycles. The highest BCUT2D eigenvalue weighted by atomic mass is 32.2. The molecule has 2 aromatic carbocycles. The number of rotatable bonds is 8. The maximum Gasteiger partial charge on any atom is 0.261 e. The Labute approximate surface area is 190 Å². The predicted octanol–water partition coefficient (Wildman–Crippen LogP) is 3.53. The van der Waals surface area contributed by atoms with E-state index in [1.807, 2.05) is 19.9 Å². The first kappa shape index (κ1) is 24.3. The van der Waals surface area contributed by atoms with E-state index < -0.39 is 19.9 Å². The van der Waals surface area contributed by atoms with Gasteiger partial charge in [0.2, 0.25) is 0 Å². The van der Waals surface area contributed by atoms with E-state index in [1.165, 1.54) is 12.1 Å². The molecule has 1 amide bonds. The molecule has 9 heteroatoms. The fourth-order valence-electron chi connectivity index (χ4n) is 3.88. The summed E-state index contributed by atoms with van der Waals surface area (Å²) >= 11 is 0. The Kier molecular flexibility index (Phi) is 7.29. The minimum absolute atomic E-state index is 0.0116. The summed E-state index contributed by atoms with van der Waals surface area (Å²) in [5.74, 6) is -0.304. The maximum atomic E-state index is 13.5. The summed E-state index contributed by atoms with van der Waals surface area (Å²) in [6, 6.07) is 11.1. The number of benzene rings is 2. The van der Waals surface area contributed by atoms with Gasteiger partial charge >= 0.3 is 0 Å². The smallest absolute Gasteiger partial charge is 0.261 e. The summed E-state index contributed by atoms with van der Waals surface area (Å²) in [7, 11) is -7.06. The van der Waals surface area contributed by atoms with Gasteiger partial charge in [-0.3, -0.25) is 9.52 Å². The second-order valence-corrected chi connectivity index (χ2v) is 12.3. The van der Waals surface area contributed by atoms with Crippen LogP contribution in [-0.2, 0) is 19.9 Å². The molecular weight excluding hydrogens is 448 g/mol. The van der Waals surface area contributed by atoms with E-state index in [2.05, 4.69) is 4.72 Å². The van der Waals surface area contributed by atoms with Crippen molar-refractivity contribution in [2.45, 2.75) is 51.0 Å². The van der Waals surface area contributed by atoms with Crippen molar-refractivity contribution in [1.29, 1.82) is 0 Å². The van der Waals surface area contributed by atoms with E-state index in [0.29, 0.717) is 24.2 Å². The zero-order chi connectivity index (χ0) is 23.5. The van der Waals surface area contributed by atoms with Crippen LogP contribution in [0.3, 0.4) is 0 Å². The summed E-state index contributed by atoms with van der Waals surface area (Å²) in [6.07, 6.45) is 2.01. The van der Waals surface area contributed by atoms with Gasteiger partial charge in [-0.05, 0) is 62.1 Å². The Morgan fingerprint density at radius 2 is 1.91 bits per heavy atom. The third-order valence-electron chi connectivity index (χ3n) is 5.68. The van der Waals surface area contributed by atoms with Crippen LogP contribution < -0.4 is 4.72 Å². The van der Waals surface area contributed by atoms with Gasteiger partial charge in [0.1, 0.15) is 0 Å². The minimum Gasteiger partial charge on any atom is -0.335 e. The van der Waals surface area contributed by atoms with E-state index in [-0.39, 0.29) is 33.9 Å². The highest BCUT2D eigenvalue weighted by Crippen LogP contribution is 2.25. The van der Waals surface area contributed by atoms with E-state index in [9.17, 15) is 21.6 Å². The predicted molar refractivity (Wildman–Crippen MR) is 126 cm³/mol. The normalized spacial score (nSPS) is 17.8. The van der Waals surface area contributed by atoms with Crippen molar-refractivity contribution in [3.63, 3.8) is 0 Å². The quantitative estimate of drug-likeness (QED) is 0.626. The molecule has 1 aliphatic rings. The summed E-state index contributed by atoms with van der Waals surface area (Å²) in [4.78, 5) is 15.1. The lowest BCUT2D eigenvalue weighted by atomic mass is 10.1. The van der Waals surface area contributed by atoms with E-state index in [0.717, 1.165) is 18.4 Å². The highest BCUT2D eigenvalue weighted by Gasteiger charge is 2.35. The van der Waals surface area contributed by atoms with Crippen LogP contribution in [0.4, 0.5) is 5.69 Å². The molecule has 1 fully saturated rings. The van der Waals surface area contributed by atoms with E-state index in [1.54, 1.807) is 36.1 Å². The molecule has 0 bridgehead atoms. The van der Waals surface area contributed by atoms with Crippen molar-refractivity contribution in [2.75, 3.05) is 22.8 Å². The summed E-state index contributed by atoms with van der Waals surface area (Å²) < 4.78 is 52.5. The summed E-state index contributed by atoms with van der Waals surface area (Å²) in [5, 5.41) is 0. The number of amides is 1. The van der Waals surface area contributed by atoms with Gasteiger partial charge in [-0.1, -0.05) is 31.5 Å². The Morgan fingerprint density at radius 3 is 2.53 bits per heavy atom. The average Bonchev–Trinajstić information content (AvgIpc) is 3.07. The van der Waals surface area contributed by atoms with Gasteiger partial charge in [0.05, 0.1) is 16.4 Å². The van der Waals surface area contributed by atoms with Crippen molar-refractivity contribution < 1.29 is 21.6 Å². The lowest BCUT2D eigenvalue weighted by Crippen LogP contribution is -2.42. The SMILES string of the molecule is CCCCN(C(=O)c1cc(S(=O)(=O)Nc2cccc(C)c2)ccc1C)C1CCS(=O)(=O)C1. The first-order chi connectivity index (χ1) is 15.0. The van der Waals surface area contributed by atoms with Crippen LogP contribution in [0.25, 0.3) is 0 Å². The van der Waals surface area contributed by atoms with Gasteiger partial charge in [0, 0.05) is 23.8 Å². The second-order valence-electron chi connectivity index (χ2n) is 8.36. The number of hydrogen-bond donors (Lipinski definition) is 1. The van der Waals surface area contributed by atoms with Gasteiger partial charge in [-0.25, -0.2) is 16.8 Å². The molecular formula is C23H30N2O5S2. The standard InChI is InChI=1S/C23H30N2O5S2/c1-4-5-12-25(20-11-13-31(27,28)16-20)23(26)22-15-21(10-9-18(22)3)32(29,30)24-19-8-6-7-17(2)14-19/h6-10,14-15,20,24H,4-5,11-13,16H2,1-3H3. The number of nitrogens with one attached hydrogen (secondary N) is 1. The van der Waals surface area contributed by atoms with Gasteiger partial charge in [-0.15, -0.1) is 0 Å². The average molecular weight is 479 g/mol. The van der Waals surface area contributed by atoms with E-state index in [4.69, 9.17) is 0 Å². The molecule has 1 N–H and O–H groups in total. The molecule has 0 aromatic heterocycles. The maximum absolute atomic E-state index is 13.5. The third kappa shape index (κ3) is 5.69. The van der Waals surface area contributed by atoms with Crippen LogP contribution in [0.1, 0.15) is 47.7 Å². The van der Waals surface area contributed by atoms with Crippen molar-refractivity contribution in [3.8, 4) is 0 Å². The zero-order valence-corrected chi connectivity index (χ0v) is 20.3. The van der Waals surface area contributed by atoms with Gasteiger partial charge in [0.25, 0.3) is 15.9 Å². The molecule has 1 saturated heterocycles.